The predicted octanol–water partition coefficient (Wildman–Crippen LogP) is 1.63. The summed E-state index contributed by atoms with van der Waals surface area (Å²) in [6, 6.07) is 6.25. The minimum atomic E-state index is 0.129. The Bertz CT molecular complexity index is 396. The highest BCUT2D eigenvalue weighted by molar-refractivity contribution is 5.75. The maximum Gasteiger partial charge on any atom is 0.185 e. The third-order valence-corrected chi connectivity index (χ3v) is 2.65. The number of guanidine groups is 1. The van der Waals surface area contributed by atoms with Gasteiger partial charge in [-0.05, 0) is 29.5 Å². The van der Waals surface area contributed by atoms with Gasteiger partial charge in [0.05, 0.1) is 7.11 Å². The molecule has 0 aliphatic carbocycles. The molecule has 0 heterocycles. The van der Waals surface area contributed by atoms with E-state index in [-0.39, 0.29) is 5.96 Å². The van der Waals surface area contributed by atoms with E-state index in [1.165, 1.54) is 5.56 Å². The molecule has 0 radical (unpaired) electrons. The molecule has 0 aliphatic rings. The molecule has 1 aromatic rings. The first-order valence-corrected chi connectivity index (χ1v) is 5.76. The van der Waals surface area contributed by atoms with Gasteiger partial charge in [-0.1, -0.05) is 26.0 Å². The molecule has 0 fully saturated rings. The van der Waals surface area contributed by atoms with Gasteiger partial charge in [0, 0.05) is 6.54 Å². The first kappa shape index (κ1) is 13.4. The molecule has 1 aromatic carbocycles. The molecule has 1 rings (SSSR count). The Morgan fingerprint density at radius 2 is 2.06 bits per heavy atom. The second kappa shape index (κ2) is 6.13. The van der Waals surface area contributed by atoms with Gasteiger partial charge in [-0.25, -0.2) is 0 Å². The van der Waals surface area contributed by atoms with Crippen LogP contribution in [-0.4, -0.2) is 19.6 Å². The van der Waals surface area contributed by atoms with Crippen molar-refractivity contribution in [1.82, 2.24) is 0 Å². The molecule has 0 bridgehead atoms. The summed E-state index contributed by atoms with van der Waals surface area (Å²) in [4.78, 5) is 3.99. The van der Waals surface area contributed by atoms with E-state index < -0.39 is 0 Å². The summed E-state index contributed by atoms with van der Waals surface area (Å²) in [5, 5.41) is 0. The van der Waals surface area contributed by atoms with Gasteiger partial charge in [-0.3, -0.25) is 4.99 Å². The van der Waals surface area contributed by atoms with Crippen molar-refractivity contribution < 1.29 is 4.74 Å². The van der Waals surface area contributed by atoms with Crippen LogP contribution in [0.25, 0.3) is 0 Å². The van der Waals surface area contributed by atoms with Crippen LogP contribution in [0.5, 0.6) is 5.75 Å². The molecule has 17 heavy (non-hydrogen) atoms. The van der Waals surface area contributed by atoms with E-state index in [1.54, 1.807) is 7.11 Å². The van der Waals surface area contributed by atoms with Gasteiger partial charge in [0.2, 0.25) is 0 Å². The van der Waals surface area contributed by atoms with Crippen LogP contribution in [0.15, 0.2) is 23.2 Å². The molecule has 0 saturated heterocycles. The van der Waals surface area contributed by atoms with E-state index in [9.17, 15) is 0 Å². The van der Waals surface area contributed by atoms with Crippen molar-refractivity contribution in [2.75, 3.05) is 13.7 Å². The number of nitrogens with zero attached hydrogens (tertiary/aromatic N) is 1. The zero-order valence-corrected chi connectivity index (χ0v) is 10.7. The highest BCUT2D eigenvalue weighted by atomic mass is 16.5. The molecule has 94 valence electrons. The van der Waals surface area contributed by atoms with E-state index >= 15 is 0 Å². The minimum absolute atomic E-state index is 0.129. The fraction of sp³-hybridized carbons (Fsp3) is 0.462. The molecule has 0 unspecified atom stereocenters. The highest BCUT2D eigenvalue weighted by Gasteiger charge is 2.06. The van der Waals surface area contributed by atoms with Crippen LogP contribution >= 0.6 is 0 Å². The number of hydrogen-bond donors (Lipinski definition) is 2. The van der Waals surface area contributed by atoms with Crippen molar-refractivity contribution in [3.63, 3.8) is 0 Å². The Morgan fingerprint density at radius 3 is 2.59 bits per heavy atom. The van der Waals surface area contributed by atoms with Crippen LogP contribution in [0.1, 0.15) is 30.9 Å². The van der Waals surface area contributed by atoms with Gasteiger partial charge in [0.15, 0.2) is 5.96 Å². The van der Waals surface area contributed by atoms with Crippen LogP contribution in [0.3, 0.4) is 0 Å². The van der Waals surface area contributed by atoms with Crippen molar-refractivity contribution in [2.24, 2.45) is 16.5 Å². The minimum Gasteiger partial charge on any atom is -0.496 e. The van der Waals surface area contributed by atoms with E-state index in [2.05, 4.69) is 31.0 Å². The third kappa shape index (κ3) is 3.98. The Hall–Kier alpha value is -1.71. The molecule has 0 saturated carbocycles. The second-order valence-corrected chi connectivity index (χ2v) is 4.28. The van der Waals surface area contributed by atoms with E-state index in [4.69, 9.17) is 16.2 Å². The zero-order chi connectivity index (χ0) is 12.8. The van der Waals surface area contributed by atoms with Crippen molar-refractivity contribution in [3.05, 3.63) is 29.3 Å². The van der Waals surface area contributed by atoms with Gasteiger partial charge in [0.25, 0.3) is 0 Å². The number of rotatable bonds is 5. The largest absolute Gasteiger partial charge is 0.496 e. The van der Waals surface area contributed by atoms with Crippen molar-refractivity contribution in [2.45, 2.75) is 26.2 Å². The van der Waals surface area contributed by atoms with E-state index in [0.29, 0.717) is 12.5 Å². The van der Waals surface area contributed by atoms with Crippen molar-refractivity contribution in [1.29, 1.82) is 0 Å². The molecule has 0 aromatic heterocycles. The second-order valence-electron chi connectivity index (χ2n) is 4.28. The summed E-state index contributed by atoms with van der Waals surface area (Å²) in [6.07, 6.45) is 0.779. The first-order chi connectivity index (χ1) is 8.04. The summed E-state index contributed by atoms with van der Waals surface area (Å²) in [5.74, 6) is 1.52. The summed E-state index contributed by atoms with van der Waals surface area (Å²) in [6.45, 7) is 4.92. The molecule has 0 amide bonds. The average Bonchev–Trinajstić information content (AvgIpc) is 2.28. The first-order valence-electron chi connectivity index (χ1n) is 5.76. The maximum absolute atomic E-state index is 5.33. The van der Waals surface area contributed by atoms with Crippen LogP contribution in [0.2, 0.25) is 0 Å². The fourth-order valence-electron chi connectivity index (χ4n) is 1.66. The molecule has 4 N–H and O–H groups in total. The van der Waals surface area contributed by atoms with Gasteiger partial charge >= 0.3 is 0 Å². The number of ether oxygens (including phenoxy) is 1. The third-order valence-electron chi connectivity index (χ3n) is 2.65. The Labute approximate surface area is 103 Å². The topological polar surface area (TPSA) is 73.6 Å². The number of methoxy groups -OCH3 is 1. The predicted molar refractivity (Wildman–Crippen MR) is 71.5 cm³/mol. The SMILES string of the molecule is COc1ccc(C(C)C)cc1CCN=C(N)N. The normalized spacial score (nSPS) is 10.4. The molecular formula is C13H21N3O. The summed E-state index contributed by atoms with van der Waals surface area (Å²) < 4.78 is 5.33. The Kier molecular flexibility index (Phi) is 4.82. The quantitative estimate of drug-likeness (QED) is 0.602. The van der Waals surface area contributed by atoms with Crippen molar-refractivity contribution in [3.8, 4) is 5.75 Å². The number of nitrogens with two attached hydrogens (primary N) is 2. The maximum atomic E-state index is 5.33. The van der Waals surface area contributed by atoms with Crippen LogP contribution < -0.4 is 16.2 Å². The molecule has 0 aliphatic heterocycles. The van der Waals surface area contributed by atoms with E-state index in [0.717, 1.165) is 17.7 Å². The summed E-state index contributed by atoms with van der Waals surface area (Å²) in [5.41, 5.74) is 13.0. The lowest BCUT2D eigenvalue weighted by Gasteiger charge is -2.12. The van der Waals surface area contributed by atoms with Gasteiger partial charge in [-0.15, -0.1) is 0 Å². The average molecular weight is 235 g/mol. The summed E-state index contributed by atoms with van der Waals surface area (Å²) in [7, 11) is 1.68. The Morgan fingerprint density at radius 1 is 1.35 bits per heavy atom. The van der Waals surface area contributed by atoms with E-state index in [1.807, 2.05) is 6.07 Å². The molecular weight excluding hydrogens is 214 g/mol. The van der Waals surface area contributed by atoms with Gasteiger partial charge < -0.3 is 16.2 Å². The van der Waals surface area contributed by atoms with Crippen LogP contribution in [0, 0.1) is 0 Å². The lowest BCUT2D eigenvalue weighted by molar-refractivity contribution is 0.409. The smallest absolute Gasteiger partial charge is 0.185 e. The molecule has 0 spiro atoms. The zero-order valence-electron chi connectivity index (χ0n) is 10.7. The van der Waals surface area contributed by atoms with Gasteiger partial charge in [-0.2, -0.15) is 0 Å². The lowest BCUT2D eigenvalue weighted by atomic mass is 9.99. The number of hydrogen-bond acceptors (Lipinski definition) is 2. The number of aliphatic imine (C=N–C) groups is 1. The Balaban J connectivity index is 2.86. The summed E-state index contributed by atoms with van der Waals surface area (Å²) >= 11 is 0. The lowest BCUT2D eigenvalue weighted by Crippen LogP contribution is -2.23. The highest BCUT2D eigenvalue weighted by Crippen LogP contribution is 2.24. The van der Waals surface area contributed by atoms with Crippen LogP contribution in [0.4, 0.5) is 0 Å². The number of benzene rings is 1. The van der Waals surface area contributed by atoms with Crippen LogP contribution in [-0.2, 0) is 6.42 Å². The fourth-order valence-corrected chi connectivity index (χ4v) is 1.66. The molecule has 4 heteroatoms. The van der Waals surface area contributed by atoms with Gasteiger partial charge in [0.1, 0.15) is 5.75 Å². The standard InChI is InChI=1S/C13H21N3O/c1-9(2)10-4-5-12(17-3)11(8-10)6-7-16-13(14)15/h4-5,8-9H,6-7H2,1-3H3,(H4,14,15,16). The molecule has 4 nitrogen and oxygen atoms in total. The molecule has 0 atom stereocenters. The van der Waals surface area contributed by atoms with Crippen molar-refractivity contribution >= 4 is 5.96 Å². The monoisotopic (exact) mass is 235 g/mol.